The third-order valence-electron chi connectivity index (χ3n) is 4.46. The third kappa shape index (κ3) is 3.30. The first-order valence-corrected chi connectivity index (χ1v) is 8.69. The van der Waals surface area contributed by atoms with E-state index in [1.165, 1.54) is 0 Å². The fourth-order valence-electron chi connectivity index (χ4n) is 3.23. The quantitative estimate of drug-likeness (QED) is 0.783. The van der Waals surface area contributed by atoms with Crippen LogP contribution >= 0.6 is 11.6 Å². The number of benzene rings is 1. The summed E-state index contributed by atoms with van der Waals surface area (Å²) in [4.78, 5) is 14.8. The number of fused-ring (bicyclic) bond motifs is 1. The molecule has 1 aromatic carbocycles. The highest BCUT2D eigenvalue weighted by Gasteiger charge is 2.28. The number of hydrogen-bond acceptors (Lipinski definition) is 4. The van der Waals surface area contributed by atoms with Crippen LogP contribution in [-0.2, 0) is 4.79 Å². The van der Waals surface area contributed by atoms with Crippen molar-refractivity contribution in [3.63, 3.8) is 0 Å². The summed E-state index contributed by atoms with van der Waals surface area (Å²) in [6, 6.07) is 13.0. The lowest BCUT2D eigenvalue weighted by molar-refractivity contribution is -0.120. The van der Waals surface area contributed by atoms with Crippen molar-refractivity contribution in [2.75, 3.05) is 23.3 Å². The topological polar surface area (TPSA) is 62.5 Å². The first-order valence-electron chi connectivity index (χ1n) is 8.32. The van der Waals surface area contributed by atoms with Crippen LogP contribution in [0.5, 0.6) is 0 Å². The van der Waals surface area contributed by atoms with Crippen molar-refractivity contribution in [1.82, 2.24) is 14.6 Å². The van der Waals surface area contributed by atoms with Crippen LogP contribution < -0.4 is 10.2 Å². The maximum absolute atomic E-state index is 12.6. The Morgan fingerprint density at radius 1 is 1.20 bits per heavy atom. The molecule has 0 bridgehead atoms. The van der Waals surface area contributed by atoms with E-state index in [2.05, 4.69) is 20.4 Å². The zero-order valence-electron chi connectivity index (χ0n) is 13.6. The van der Waals surface area contributed by atoms with E-state index < -0.39 is 0 Å². The number of halogens is 1. The van der Waals surface area contributed by atoms with Gasteiger partial charge in [-0.1, -0.05) is 23.7 Å². The van der Waals surface area contributed by atoms with Crippen molar-refractivity contribution < 1.29 is 4.79 Å². The summed E-state index contributed by atoms with van der Waals surface area (Å²) >= 11 is 5.98. The zero-order valence-corrected chi connectivity index (χ0v) is 14.4. The number of amides is 1. The number of hydrogen-bond donors (Lipinski definition) is 1. The Balaban J connectivity index is 1.50. The summed E-state index contributed by atoms with van der Waals surface area (Å²) in [7, 11) is 0. The monoisotopic (exact) mass is 355 g/mol. The van der Waals surface area contributed by atoms with Crippen LogP contribution in [0.25, 0.3) is 5.65 Å². The molecule has 4 rings (SSSR count). The molecule has 0 spiro atoms. The van der Waals surface area contributed by atoms with Gasteiger partial charge in [-0.25, -0.2) is 0 Å². The number of carbonyl (C=O) groups is 1. The molecule has 128 valence electrons. The molecule has 1 amide bonds. The molecule has 25 heavy (non-hydrogen) atoms. The lowest BCUT2D eigenvalue weighted by Gasteiger charge is -2.32. The van der Waals surface area contributed by atoms with Crippen molar-refractivity contribution in [2.24, 2.45) is 5.92 Å². The van der Waals surface area contributed by atoms with Crippen LogP contribution in [0.15, 0.2) is 48.7 Å². The molecule has 1 unspecified atom stereocenters. The van der Waals surface area contributed by atoms with E-state index in [1.54, 1.807) is 12.1 Å². The third-order valence-corrected chi connectivity index (χ3v) is 4.70. The summed E-state index contributed by atoms with van der Waals surface area (Å²) in [5, 5.41) is 12.1. The minimum absolute atomic E-state index is 0.0146. The lowest BCUT2D eigenvalue weighted by Crippen LogP contribution is -2.41. The molecule has 1 atom stereocenters. The van der Waals surface area contributed by atoms with Gasteiger partial charge in [-0.2, -0.15) is 0 Å². The maximum atomic E-state index is 12.6. The van der Waals surface area contributed by atoms with Gasteiger partial charge < -0.3 is 10.2 Å². The van der Waals surface area contributed by atoms with Gasteiger partial charge in [0.25, 0.3) is 0 Å². The molecule has 0 radical (unpaired) electrons. The second kappa shape index (κ2) is 6.72. The molecule has 1 aliphatic rings. The highest BCUT2D eigenvalue weighted by molar-refractivity contribution is 6.30. The Bertz CT molecular complexity index is 909. The van der Waals surface area contributed by atoms with E-state index in [-0.39, 0.29) is 11.8 Å². The largest absolute Gasteiger partial charge is 0.340 e. The van der Waals surface area contributed by atoms with Crippen molar-refractivity contribution in [1.29, 1.82) is 0 Å². The fraction of sp³-hybridized carbons (Fsp3) is 0.278. The van der Waals surface area contributed by atoms with Crippen molar-refractivity contribution in [2.45, 2.75) is 12.8 Å². The number of pyridine rings is 1. The molecular formula is C18H18ClN5O. The molecule has 7 heteroatoms. The fourth-order valence-corrected chi connectivity index (χ4v) is 3.42. The zero-order chi connectivity index (χ0) is 17.2. The summed E-state index contributed by atoms with van der Waals surface area (Å²) in [5.41, 5.74) is 1.53. The normalized spacial score (nSPS) is 17.6. The molecule has 1 fully saturated rings. The number of carbonyl (C=O) groups excluding carboxylic acids is 1. The standard InChI is InChI=1S/C18H18ClN5O/c19-14-6-3-7-15(11-14)20-17(25)13-5-4-9-23(12-13)18-22-21-16-8-1-2-10-24(16)18/h1-3,6-8,10-11,13H,4-5,9,12H2,(H,20,25). The first-order chi connectivity index (χ1) is 12.2. The van der Waals surface area contributed by atoms with Crippen molar-refractivity contribution in [3.05, 3.63) is 53.7 Å². The first kappa shape index (κ1) is 15.9. The molecule has 0 aliphatic carbocycles. The number of nitrogens with one attached hydrogen (secondary N) is 1. The van der Waals surface area contributed by atoms with Crippen LogP contribution in [0.2, 0.25) is 5.02 Å². The molecule has 6 nitrogen and oxygen atoms in total. The molecule has 3 aromatic rings. The average Bonchev–Trinajstić information content (AvgIpc) is 3.06. The summed E-state index contributed by atoms with van der Waals surface area (Å²) < 4.78 is 1.96. The van der Waals surface area contributed by atoms with Crippen LogP contribution in [0.4, 0.5) is 11.6 Å². The molecule has 2 aromatic heterocycles. The van der Waals surface area contributed by atoms with E-state index in [0.717, 1.165) is 36.7 Å². The Kier molecular flexibility index (Phi) is 4.28. The van der Waals surface area contributed by atoms with Gasteiger partial charge in [-0.15, -0.1) is 10.2 Å². The van der Waals surface area contributed by atoms with E-state index in [0.29, 0.717) is 11.6 Å². The van der Waals surface area contributed by atoms with Gasteiger partial charge in [0.15, 0.2) is 5.65 Å². The van der Waals surface area contributed by atoms with Gasteiger partial charge in [-0.3, -0.25) is 9.20 Å². The average molecular weight is 356 g/mol. The number of aromatic nitrogens is 3. The molecule has 1 saturated heterocycles. The second-order valence-corrected chi connectivity index (χ2v) is 6.65. The maximum Gasteiger partial charge on any atom is 0.231 e. The van der Waals surface area contributed by atoms with Crippen LogP contribution in [0, 0.1) is 5.92 Å². The van der Waals surface area contributed by atoms with Gasteiger partial charge in [0.05, 0.1) is 5.92 Å². The van der Waals surface area contributed by atoms with Gasteiger partial charge in [-0.05, 0) is 43.2 Å². The van der Waals surface area contributed by atoms with Crippen LogP contribution in [-0.4, -0.2) is 33.6 Å². The van der Waals surface area contributed by atoms with Crippen molar-refractivity contribution >= 4 is 34.8 Å². The van der Waals surface area contributed by atoms with Gasteiger partial charge in [0.2, 0.25) is 11.9 Å². The van der Waals surface area contributed by atoms with E-state index in [1.807, 2.05) is 40.9 Å². The minimum Gasteiger partial charge on any atom is -0.340 e. The summed E-state index contributed by atoms with van der Waals surface area (Å²) in [5.74, 6) is 0.709. The number of rotatable bonds is 3. The van der Waals surface area contributed by atoms with Gasteiger partial charge in [0, 0.05) is 30.0 Å². The highest BCUT2D eigenvalue weighted by Crippen LogP contribution is 2.24. The van der Waals surface area contributed by atoms with Crippen LogP contribution in [0.3, 0.4) is 0 Å². The summed E-state index contributed by atoms with van der Waals surface area (Å²) in [6.07, 6.45) is 3.75. The van der Waals surface area contributed by atoms with Crippen LogP contribution in [0.1, 0.15) is 12.8 Å². The number of anilines is 2. The molecule has 1 N–H and O–H groups in total. The lowest BCUT2D eigenvalue weighted by atomic mass is 9.97. The SMILES string of the molecule is O=C(Nc1cccc(Cl)c1)C1CCCN(c2nnc3ccccn23)C1. The van der Waals surface area contributed by atoms with E-state index in [9.17, 15) is 4.79 Å². The highest BCUT2D eigenvalue weighted by atomic mass is 35.5. The van der Waals surface area contributed by atoms with E-state index in [4.69, 9.17) is 11.6 Å². The van der Waals surface area contributed by atoms with Crippen molar-refractivity contribution in [3.8, 4) is 0 Å². The molecule has 0 saturated carbocycles. The predicted octanol–water partition coefficient (Wildman–Crippen LogP) is 3.24. The Morgan fingerprint density at radius 2 is 2.12 bits per heavy atom. The number of nitrogens with zero attached hydrogens (tertiary/aromatic N) is 4. The second-order valence-electron chi connectivity index (χ2n) is 6.21. The van der Waals surface area contributed by atoms with E-state index >= 15 is 0 Å². The Morgan fingerprint density at radius 3 is 3.00 bits per heavy atom. The van der Waals surface area contributed by atoms with Gasteiger partial charge in [0.1, 0.15) is 0 Å². The Hall–Kier alpha value is -2.60. The smallest absolute Gasteiger partial charge is 0.231 e. The number of piperidine rings is 1. The molecular weight excluding hydrogens is 338 g/mol. The Labute approximate surface area is 150 Å². The predicted molar refractivity (Wildman–Crippen MR) is 98.0 cm³/mol. The minimum atomic E-state index is -0.0937. The van der Waals surface area contributed by atoms with Gasteiger partial charge >= 0.3 is 0 Å². The summed E-state index contributed by atoms with van der Waals surface area (Å²) in [6.45, 7) is 1.50. The molecule has 3 heterocycles. The molecule has 1 aliphatic heterocycles.